The van der Waals surface area contributed by atoms with Crippen molar-refractivity contribution in [1.29, 1.82) is 0 Å². The summed E-state index contributed by atoms with van der Waals surface area (Å²) in [7, 11) is 0. The molecule has 8 heavy (non-hydrogen) atoms. The summed E-state index contributed by atoms with van der Waals surface area (Å²) in [6.45, 7) is 1.17. The van der Waals surface area contributed by atoms with E-state index in [9.17, 15) is 0 Å². The molecule has 3 N–H and O–H groups in total. The van der Waals surface area contributed by atoms with Crippen molar-refractivity contribution in [2.75, 3.05) is 6.54 Å². The third kappa shape index (κ3) is 0.501. The number of rotatable bonds is 0. The van der Waals surface area contributed by atoms with Crippen molar-refractivity contribution in [3.63, 3.8) is 0 Å². The smallest absolute Gasteiger partial charge is 0.00946 e. The molecule has 0 amide bonds. The minimum absolute atomic E-state index is 0.515. The van der Waals surface area contributed by atoms with Crippen LogP contribution in [0.15, 0.2) is 0 Å². The quantitative estimate of drug-likeness (QED) is 0.451. The highest BCUT2D eigenvalue weighted by Crippen LogP contribution is 2.29. The largest absolute Gasteiger partial charge is 0.327 e. The van der Waals surface area contributed by atoms with Gasteiger partial charge in [-0.25, -0.2) is 0 Å². The minimum atomic E-state index is 0.515. The maximum Gasteiger partial charge on any atom is 0.00946 e. The molecule has 2 aliphatic rings. The van der Waals surface area contributed by atoms with E-state index in [0.29, 0.717) is 6.04 Å². The van der Waals surface area contributed by atoms with Gasteiger partial charge in [-0.3, -0.25) is 0 Å². The van der Waals surface area contributed by atoms with E-state index in [1.165, 1.54) is 19.4 Å². The third-order valence-corrected chi connectivity index (χ3v) is 2.42. The number of fused-ring (bicyclic) bond motifs is 2. The standard InChI is InChI=1S/C6H12N2/c7-6-2-5-1-4(6)3-8-5/h4-6,8H,1-3,7H2. The van der Waals surface area contributed by atoms with E-state index in [2.05, 4.69) is 5.32 Å². The van der Waals surface area contributed by atoms with Gasteiger partial charge >= 0.3 is 0 Å². The molecule has 3 unspecified atom stereocenters. The first-order chi connectivity index (χ1) is 3.86. The maximum atomic E-state index is 5.78. The fourth-order valence-corrected chi connectivity index (χ4v) is 1.88. The SMILES string of the molecule is NC1CC2CC1CN2. The van der Waals surface area contributed by atoms with Crippen LogP contribution in [0.1, 0.15) is 12.8 Å². The fraction of sp³-hybridized carbons (Fsp3) is 1.00. The van der Waals surface area contributed by atoms with Gasteiger partial charge < -0.3 is 11.1 Å². The van der Waals surface area contributed by atoms with E-state index >= 15 is 0 Å². The molecule has 0 aromatic carbocycles. The van der Waals surface area contributed by atoms with Crippen LogP contribution >= 0.6 is 0 Å². The Kier molecular flexibility index (Phi) is 0.866. The van der Waals surface area contributed by atoms with E-state index in [-0.39, 0.29) is 0 Å². The molecule has 2 bridgehead atoms. The highest BCUT2D eigenvalue weighted by Gasteiger charge is 2.36. The molecule has 2 fully saturated rings. The Morgan fingerprint density at radius 1 is 1.38 bits per heavy atom. The molecule has 3 atom stereocenters. The van der Waals surface area contributed by atoms with Crippen molar-refractivity contribution in [2.24, 2.45) is 11.7 Å². The van der Waals surface area contributed by atoms with E-state index in [4.69, 9.17) is 5.73 Å². The first-order valence-corrected chi connectivity index (χ1v) is 3.35. The summed E-state index contributed by atoms with van der Waals surface area (Å²) in [5, 5.41) is 3.41. The first kappa shape index (κ1) is 4.77. The first-order valence-electron chi connectivity index (χ1n) is 3.35. The van der Waals surface area contributed by atoms with Crippen molar-refractivity contribution >= 4 is 0 Å². The summed E-state index contributed by atoms with van der Waals surface area (Å²) in [4.78, 5) is 0. The second kappa shape index (κ2) is 1.45. The predicted molar refractivity (Wildman–Crippen MR) is 32.5 cm³/mol. The average molecular weight is 112 g/mol. The van der Waals surface area contributed by atoms with Crippen molar-refractivity contribution in [3.8, 4) is 0 Å². The number of nitrogens with one attached hydrogen (secondary N) is 1. The summed E-state index contributed by atoms with van der Waals surface area (Å²) in [5.41, 5.74) is 5.78. The third-order valence-electron chi connectivity index (χ3n) is 2.42. The molecule has 0 radical (unpaired) electrons. The lowest BCUT2D eigenvalue weighted by Gasteiger charge is -2.16. The van der Waals surface area contributed by atoms with Crippen LogP contribution in [0.4, 0.5) is 0 Å². The second-order valence-electron chi connectivity index (χ2n) is 3.00. The Balaban J connectivity index is 2.11. The van der Waals surface area contributed by atoms with Crippen LogP contribution in [0.2, 0.25) is 0 Å². The molecule has 2 heteroatoms. The van der Waals surface area contributed by atoms with Crippen molar-refractivity contribution in [3.05, 3.63) is 0 Å². The molecule has 1 aliphatic heterocycles. The molecule has 1 saturated carbocycles. The monoisotopic (exact) mass is 112 g/mol. The maximum absolute atomic E-state index is 5.78. The molecule has 0 spiro atoms. The molecule has 2 nitrogen and oxygen atoms in total. The fourth-order valence-electron chi connectivity index (χ4n) is 1.88. The molecule has 0 aromatic rings. The Bertz CT molecular complexity index is 101. The van der Waals surface area contributed by atoms with E-state index in [0.717, 1.165) is 12.0 Å². The zero-order valence-corrected chi connectivity index (χ0v) is 4.93. The van der Waals surface area contributed by atoms with Gasteiger partial charge in [0.05, 0.1) is 0 Å². The van der Waals surface area contributed by atoms with Gasteiger partial charge in [0.15, 0.2) is 0 Å². The number of hydrogen-bond donors (Lipinski definition) is 2. The molecular formula is C6H12N2. The number of nitrogens with two attached hydrogens (primary N) is 1. The van der Waals surface area contributed by atoms with Gasteiger partial charge in [-0.05, 0) is 25.3 Å². The topological polar surface area (TPSA) is 38.0 Å². The van der Waals surface area contributed by atoms with Gasteiger partial charge in [0.25, 0.3) is 0 Å². The van der Waals surface area contributed by atoms with Gasteiger partial charge in [-0.15, -0.1) is 0 Å². The molecule has 2 rings (SSSR count). The summed E-state index contributed by atoms with van der Waals surface area (Å²) in [6.07, 6.45) is 2.55. The zero-order valence-electron chi connectivity index (χ0n) is 4.93. The molecule has 1 heterocycles. The lowest BCUT2D eigenvalue weighted by molar-refractivity contribution is 0.439. The number of hydrogen-bond acceptors (Lipinski definition) is 2. The summed E-state index contributed by atoms with van der Waals surface area (Å²) < 4.78 is 0. The van der Waals surface area contributed by atoms with E-state index < -0.39 is 0 Å². The predicted octanol–water partition coefficient (Wildman–Crippen LogP) is -0.305. The highest BCUT2D eigenvalue weighted by molar-refractivity contribution is 4.96. The normalized spacial score (nSPS) is 52.9. The molecule has 0 aromatic heterocycles. The van der Waals surface area contributed by atoms with Crippen molar-refractivity contribution in [2.45, 2.75) is 24.9 Å². The molecular weight excluding hydrogens is 100 g/mol. The minimum Gasteiger partial charge on any atom is -0.327 e. The Hall–Kier alpha value is -0.0800. The Labute approximate surface area is 49.4 Å². The van der Waals surface area contributed by atoms with Crippen molar-refractivity contribution in [1.82, 2.24) is 5.32 Å². The van der Waals surface area contributed by atoms with Crippen LogP contribution < -0.4 is 11.1 Å². The van der Waals surface area contributed by atoms with Crippen LogP contribution in [0.25, 0.3) is 0 Å². The molecule has 46 valence electrons. The lowest BCUT2D eigenvalue weighted by atomic mass is 10.1. The lowest BCUT2D eigenvalue weighted by Crippen LogP contribution is -2.37. The second-order valence-corrected chi connectivity index (χ2v) is 3.00. The van der Waals surface area contributed by atoms with Crippen LogP contribution in [-0.4, -0.2) is 18.6 Å². The summed E-state index contributed by atoms with van der Waals surface area (Å²) in [5.74, 6) is 0.806. The van der Waals surface area contributed by atoms with Gasteiger partial charge in [0, 0.05) is 12.1 Å². The van der Waals surface area contributed by atoms with Crippen LogP contribution in [-0.2, 0) is 0 Å². The van der Waals surface area contributed by atoms with Gasteiger partial charge in [0.2, 0.25) is 0 Å². The zero-order chi connectivity index (χ0) is 5.56. The van der Waals surface area contributed by atoms with E-state index in [1.807, 2.05) is 0 Å². The number of piperidine rings is 1. The average Bonchev–Trinajstić information content (AvgIpc) is 2.23. The van der Waals surface area contributed by atoms with Gasteiger partial charge in [0.1, 0.15) is 0 Å². The van der Waals surface area contributed by atoms with Crippen molar-refractivity contribution < 1.29 is 0 Å². The van der Waals surface area contributed by atoms with Gasteiger partial charge in [-0.2, -0.15) is 0 Å². The van der Waals surface area contributed by atoms with Crippen LogP contribution in [0.5, 0.6) is 0 Å². The van der Waals surface area contributed by atoms with Crippen LogP contribution in [0, 0.1) is 5.92 Å². The Morgan fingerprint density at radius 3 is 2.50 bits per heavy atom. The summed E-state index contributed by atoms with van der Waals surface area (Å²) >= 11 is 0. The van der Waals surface area contributed by atoms with E-state index in [1.54, 1.807) is 0 Å². The molecule has 1 aliphatic carbocycles. The Morgan fingerprint density at radius 2 is 2.25 bits per heavy atom. The highest BCUT2D eigenvalue weighted by atomic mass is 15.0. The van der Waals surface area contributed by atoms with Crippen LogP contribution in [0.3, 0.4) is 0 Å². The summed E-state index contributed by atoms with van der Waals surface area (Å²) in [6, 6.07) is 1.29. The molecule has 1 saturated heterocycles. The van der Waals surface area contributed by atoms with Gasteiger partial charge in [-0.1, -0.05) is 0 Å².